The van der Waals surface area contributed by atoms with E-state index >= 15 is 0 Å². The Bertz CT molecular complexity index is 977. The number of carbonyl (C=O) groups is 1. The molecule has 0 aliphatic carbocycles. The number of anilines is 1. The number of hydrogen-bond donors (Lipinski definition) is 2. The monoisotopic (exact) mass is 374 g/mol. The highest BCUT2D eigenvalue weighted by Gasteiger charge is 2.37. The van der Waals surface area contributed by atoms with Gasteiger partial charge in [-0.05, 0) is 32.9 Å². The molecule has 0 saturated carbocycles. The first-order valence-corrected chi connectivity index (χ1v) is 9.25. The number of aromatic nitrogens is 2. The van der Waals surface area contributed by atoms with Crippen molar-refractivity contribution < 1.29 is 18.3 Å². The van der Waals surface area contributed by atoms with Crippen molar-refractivity contribution in [2.75, 3.05) is 11.1 Å². The number of sulfone groups is 1. The largest absolute Gasteiger partial charge is 0.379 e. The average Bonchev–Trinajstić information content (AvgIpc) is 2.54. The topological polar surface area (TPSA) is 114 Å². The van der Waals surface area contributed by atoms with Crippen molar-refractivity contribution in [2.45, 2.75) is 31.3 Å². The third-order valence-corrected chi connectivity index (χ3v) is 5.57. The second kappa shape index (κ2) is 7.19. The Morgan fingerprint density at radius 2 is 1.92 bits per heavy atom. The van der Waals surface area contributed by atoms with Crippen LogP contribution in [0.25, 0.3) is 4.85 Å². The van der Waals surface area contributed by atoms with Crippen LogP contribution in [0.5, 0.6) is 0 Å². The first-order chi connectivity index (χ1) is 12.0. The van der Waals surface area contributed by atoms with Crippen LogP contribution >= 0.6 is 0 Å². The molecule has 2 N–H and O–H groups in total. The smallest absolute Gasteiger partial charge is 0.259 e. The van der Waals surface area contributed by atoms with Gasteiger partial charge in [-0.3, -0.25) is 10.1 Å². The van der Waals surface area contributed by atoms with Gasteiger partial charge in [-0.2, -0.15) is 0 Å². The molecule has 0 aliphatic rings. The summed E-state index contributed by atoms with van der Waals surface area (Å²) in [5.74, 6) is -1.87. The van der Waals surface area contributed by atoms with Gasteiger partial charge in [0.2, 0.25) is 11.6 Å². The first-order valence-electron chi connectivity index (χ1n) is 7.59. The lowest BCUT2D eigenvalue weighted by Gasteiger charge is -2.21. The van der Waals surface area contributed by atoms with E-state index in [1.165, 1.54) is 18.3 Å². The number of carbonyl (C=O) groups excluding carboxylic acids is 1. The second-order valence-electron chi connectivity index (χ2n) is 6.08. The fraction of sp³-hybridized carbons (Fsp3) is 0.294. The van der Waals surface area contributed by atoms with E-state index in [0.29, 0.717) is 5.69 Å². The van der Waals surface area contributed by atoms with Gasteiger partial charge in [0, 0.05) is 11.9 Å². The van der Waals surface area contributed by atoms with Crippen LogP contribution in [-0.2, 0) is 14.6 Å². The molecule has 2 rings (SSSR count). The van der Waals surface area contributed by atoms with Gasteiger partial charge >= 0.3 is 0 Å². The fourth-order valence-corrected chi connectivity index (χ4v) is 3.72. The maximum atomic E-state index is 12.4. The Balaban J connectivity index is 2.18. The molecule has 0 radical (unpaired) electrons. The quantitative estimate of drug-likeness (QED) is 0.772. The van der Waals surface area contributed by atoms with Crippen LogP contribution in [-0.4, -0.2) is 40.8 Å². The minimum absolute atomic E-state index is 0.0182. The minimum atomic E-state index is -3.88. The summed E-state index contributed by atoms with van der Waals surface area (Å²) in [5, 5.41) is 12.6. The van der Waals surface area contributed by atoms with Crippen LogP contribution in [0.15, 0.2) is 35.4 Å². The summed E-state index contributed by atoms with van der Waals surface area (Å²) in [6.07, 6.45) is 1.24. The standard InChI is InChI=1S/C17H18N4O4S/c1-11-5-7-13(8-6-11)26(24,25)10-17(3,23)15(22)21-16-19-9-14(18-4)12(2)20-16/h5-9,23H,10H2,1-3H3,(H,19,20,21,22)/t17-/m0/s1. The van der Waals surface area contributed by atoms with Crippen LogP contribution < -0.4 is 5.32 Å². The van der Waals surface area contributed by atoms with Gasteiger partial charge in [0.25, 0.3) is 5.91 Å². The Morgan fingerprint density at radius 3 is 2.46 bits per heavy atom. The van der Waals surface area contributed by atoms with Gasteiger partial charge < -0.3 is 5.11 Å². The van der Waals surface area contributed by atoms with E-state index in [0.717, 1.165) is 12.5 Å². The number of amides is 1. The van der Waals surface area contributed by atoms with Crippen LogP contribution in [0, 0.1) is 20.4 Å². The van der Waals surface area contributed by atoms with Crippen LogP contribution in [0.2, 0.25) is 0 Å². The van der Waals surface area contributed by atoms with Crippen molar-refractivity contribution in [3.63, 3.8) is 0 Å². The molecule has 0 spiro atoms. The molecule has 1 aromatic heterocycles. The number of rotatable bonds is 5. The summed E-state index contributed by atoms with van der Waals surface area (Å²) >= 11 is 0. The van der Waals surface area contributed by atoms with E-state index in [-0.39, 0.29) is 16.5 Å². The Hall–Kier alpha value is -2.83. The number of nitrogens with one attached hydrogen (secondary N) is 1. The molecule has 0 unspecified atom stereocenters. The Kier molecular flexibility index (Phi) is 5.39. The van der Waals surface area contributed by atoms with Crippen molar-refractivity contribution in [3.8, 4) is 0 Å². The van der Waals surface area contributed by atoms with Gasteiger partial charge in [0.1, 0.15) is 0 Å². The lowest BCUT2D eigenvalue weighted by molar-refractivity contribution is -0.130. The molecular weight excluding hydrogens is 356 g/mol. The number of benzene rings is 1. The zero-order chi connectivity index (χ0) is 19.5. The molecule has 26 heavy (non-hydrogen) atoms. The SMILES string of the molecule is [C-]#[N+]c1cnc(NC(=O)[C@@](C)(O)CS(=O)(=O)c2ccc(C)cc2)nc1C. The first kappa shape index (κ1) is 19.5. The maximum Gasteiger partial charge on any atom is 0.259 e. The van der Waals surface area contributed by atoms with E-state index in [1.54, 1.807) is 19.1 Å². The highest BCUT2D eigenvalue weighted by molar-refractivity contribution is 7.91. The van der Waals surface area contributed by atoms with Gasteiger partial charge in [-0.25, -0.2) is 23.2 Å². The number of nitrogens with zero attached hydrogens (tertiary/aromatic N) is 3. The molecule has 1 heterocycles. The van der Waals surface area contributed by atoms with E-state index in [1.807, 2.05) is 6.92 Å². The average molecular weight is 374 g/mol. The molecule has 0 aliphatic heterocycles. The predicted octanol–water partition coefficient (Wildman–Crippen LogP) is 1.81. The highest BCUT2D eigenvalue weighted by Crippen LogP contribution is 2.20. The summed E-state index contributed by atoms with van der Waals surface area (Å²) in [4.78, 5) is 23.3. The van der Waals surface area contributed by atoms with Gasteiger partial charge in [0.15, 0.2) is 15.4 Å². The molecule has 2 aromatic rings. The molecule has 8 nitrogen and oxygen atoms in total. The maximum absolute atomic E-state index is 12.4. The number of hydrogen-bond acceptors (Lipinski definition) is 6. The van der Waals surface area contributed by atoms with E-state index in [2.05, 4.69) is 20.1 Å². The summed E-state index contributed by atoms with van der Waals surface area (Å²) in [5.41, 5.74) is -0.711. The highest BCUT2D eigenvalue weighted by atomic mass is 32.2. The third-order valence-electron chi connectivity index (χ3n) is 3.64. The molecule has 0 saturated heterocycles. The van der Waals surface area contributed by atoms with E-state index in [9.17, 15) is 18.3 Å². The molecule has 9 heteroatoms. The van der Waals surface area contributed by atoms with E-state index in [4.69, 9.17) is 6.57 Å². The summed E-state index contributed by atoms with van der Waals surface area (Å²) in [7, 11) is -3.88. The van der Waals surface area contributed by atoms with Crippen molar-refractivity contribution in [1.29, 1.82) is 0 Å². The summed E-state index contributed by atoms with van der Waals surface area (Å²) in [6, 6.07) is 6.12. The Morgan fingerprint density at radius 1 is 1.31 bits per heavy atom. The van der Waals surface area contributed by atoms with Gasteiger partial charge in [0.05, 0.1) is 17.2 Å². The predicted molar refractivity (Wildman–Crippen MR) is 95.5 cm³/mol. The number of aryl methyl sites for hydroxylation is 2. The Labute approximate surface area is 151 Å². The molecular formula is C17H18N4O4S. The van der Waals surface area contributed by atoms with E-state index < -0.39 is 27.1 Å². The number of aliphatic hydroxyl groups is 1. The molecule has 0 fully saturated rings. The van der Waals surface area contributed by atoms with Crippen molar-refractivity contribution in [1.82, 2.24) is 9.97 Å². The zero-order valence-corrected chi connectivity index (χ0v) is 15.3. The molecule has 1 aromatic carbocycles. The minimum Gasteiger partial charge on any atom is -0.379 e. The molecule has 0 bridgehead atoms. The lowest BCUT2D eigenvalue weighted by Crippen LogP contribution is -2.46. The third kappa shape index (κ3) is 4.41. The lowest BCUT2D eigenvalue weighted by atomic mass is 10.1. The van der Waals surface area contributed by atoms with Crippen molar-refractivity contribution >= 4 is 27.4 Å². The van der Waals surface area contributed by atoms with Crippen LogP contribution in [0.4, 0.5) is 11.6 Å². The van der Waals surface area contributed by atoms with Crippen molar-refractivity contribution in [2.24, 2.45) is 0 Å². The zero-order valence-electron chi connectivity index (χ0n) is 14.5. The summed E-state index contributed by atoms with van der Waals surface area (Å²) in [6.45, 7) is 11.4. The van der Waals surface area contributed by atoms with Crippen molar-refractivity contribution in [3.05, 3.63) is 53.1 Å². The molecule has 1 amide bonds. The van der Waals surface area contributed by atoms with Crippen LogP contribution in [0.1, 0.15) is 18.2 Å². The second-order valence-corrected chi connectivity index (χ2v) is 8.07. The normalized spacial score (nSPS) is 13.5. The summed E-state index contributed by atoms with van der Waals surface area (Å²) < 4.78 is 24.9. The van der Waals surface area contributed by atoms with Crippen LogP contribution in [0.3, 0.4) is 0 Å². The fourth-order valence-electron chi connectivity index (χ4n) is 2.13. The molecule has 1 atom stereocenters. The van der Waals surface area contributed by atoms with Gasteiger partial charge in [-0.1, -0.05) is 17.7 Å². The molecule has 136 valence electrons. The van der Waals surface area contributed by atoms with Gasteiger partial charge in [-0.15, -0.1) is 0 Å².